The fraction of sp³-hybridized carbons (Fsp3) is 0.0556. The van der Waals surface area contributed by atoms with E-state index < -0.39 is 16.1 Å². The van der Waals surface area contributed by atoms with Crippen LogP contribution in [0.2, 0.25) is 0 Å². The largest absolute Gasteiger partial charge is 0.480 e. The van der Waals surface area contributed by atoms with E-state index in [2.05, 4.69) is 10.6 Å². The van der Waals surface area contributed by atoms with Gasteiger partial charge < -0.3 is 21.5 Å². The summed E-state index contributed by atoms with van der Waals surface area (Å²) in [5.41, 5.74) is 8.02. The summed E-state index contributed by atoms with van der Waals surface area (Å²) in [6, 6.07) is 14.6. The lowest BCUT2D eigenvalue weighted by molar-refractivity contribution is -0.134. The van der Waals surface area contributed by atoms with Crippen molar-refractivity contribution in [1.29, 1.82) is 0 Å². The molecule has 0 aliphatic rings. The smallest absolute Gasteiger partial charge is 0.322 e. The Balaban J connectivity index is 2.02. The van der Waals surface area contributed by atoms with Crippen molar-refractivity contribution in [2.24, 2.45) is 0 Å². The third-order valence-electron chi connectivity index (χ3n) is 3.84. The van der Waals surface area contributed by atoms with E-state index in [9.17, 15) is 17.8 Å². The highest BCUT2D eigenvalue weighted by atomic mass is 32.2. The Bertz CT molecular complexity index is 1130. The first-order valence-electron chi connectivity index (χ1n) is 7.86. The maximum absolute atomic E-state index is 11.6. The fourth-order valence-electron chi connectivity index (χ4n) is 2.76. The Kier molecular flexibility index (Phi) is 4.89. The Morgan fingerprint density at radius 3 is 2.33 bits per heavy atom. The van der Waals surface area contributed by atoms with Gasteiger partial charge in [-0.25, -0.2) is 0 Å². The van der Waals surface area contributed by atoms with E-state index in [-0.39, 0.29) is 11.4 Å². The summed E-state index contributed by atoms with van der Waals surface area (Å²) in [7, 11) is -4.36. The molecule has 0 spiro atoms. The van der Waals surface area contributed by atoms with Gasteiger partial charge in [0.05, 0.1) is 0 Å². The molecule has 0 radical (unpaired) electrons. The second kappa shape index (κ2) is 7.14. The maximum Gasteiger partial charge on any atom is 0.322 e. The molecule has 0 aromatic heterocycles. The third-order valence-corrected chi connectivity index (χ3v) is 4.75. The lowest BCUT2D eigenvalue weighted by Gasteiger charge is -2.14. The third kappa shape index (κ3) is 4.27. The first-order chi connectivity index (χ1) is 12.7. The van der Waals surface area contributed by atoms with E-state index in [4.69, 9.17) is 10.8 Å². The van der Waals surface area contributed by atoms with Crippen molar-refractivity contribution >= 4 is 49.6 Å². The number of aliphatic carboxylic acids is 1. The van der Waals surface area contributed by atoms with Gasteiger partial charge in [-0.15, -0.1) is 0 Å². The molecule has 8 nitrogen and oxygen atoms in total. The van der Waals surface area contributed by atoms with Gasteiger partial charge in [-0.1, -0.05) is 24.3 Å². The van der Waals surface area contributed by atoms with E-state index in [1.54, 1.807) is 48.5 Å². The van der Waals surface area contributed by atoms with Crippen molar-refractivity contribution in [3.63, 3.8) is 0 Å². The number of hydrogen-bond acceptors (Lipinski definition) is 6. The van der Waals surface area contributed by atoms with Gasteiger partial charge in [-0.3, -0.25) is 9.35 Å². The normalized spacial score (nSPS) is 11.3. The van der Waals surface area contributed by atoms with Crippen LogP contribution in [-0.2, 0) is 14.9 Å². The molecule has 140 valence electrons. The molecule has 0 fully saturated rings. The highest BCUT2D eigenvalue weighted by Gasteiger charge is 2.15. The number of benzene rings is 3. The lowest BCUT2D eigenvalue weighted by Crippen LogP contribution is -2.12. The van der Waals surface area contributed by atoms with Gasteiger partial charge in [0.2, 0.25) is 0 Å². The quantitative estimate of drug-likeness (QED) is 0.321. The minimum absolute atomic E-state index is 0.181. The molecule has 0 saturated heterocycles. The first kappa shape index (κ1) is 18.5. The van der Waals surface area contributed by atoms with Crippen LogP contribution in [0.3, 0.4) is 0 Å². The molecule has 0 aliphatic carbocycles. The molecule has 0 unspecified atom stereocenters. The number of nitrogens with two attached hydrogens (primary N) is 1. The van der Waals surface area contributed by atoms with Crippen LogP contribution >= 0.6 is 0 Å². The van der Waals surface area contributed by atoms with Gasteiger partial charge in [-0.05, 0) is 30.3 Å². The van der Waals surface area contributed by atoms with E-state index >= 15 is 0 Å². The van der Waals surface area contributed by atoms with Crippen LogP contribution in [0.4, 0.5) is 22.7 Å². The van der Waals surface area contributed by atoms with E-state index in [1.807, 2.05) is 0 Å². The highest BCUT2D eigenvalue weighted by Crippen LogP contribution is 2.32. The van der Waals surface area contributed by atoms with Gasteiger partial charge in [0.1, 0.15) is 11.4 Å². The molecule has 0 atom stereocenters. The van der Waals surface area contributed by atoms with Crippen LogP contribution < -0.4 is 16.4 Å². The van der Waals surface area contributed by atoms with Gasteiger partial charge >= 0.3 is 5.97 Å². The number of nitrogens with one attached hydrogen (secondary N) is 2. The summed E-state index contributed by atoms with van der Waals surface area (Å²) < 4.78 is 32.6. The predicted molar refractivity (Wildman–Crippen MR) is 104 cm³/mol. The predicted octanol–water partition coefficient (Wildman–Crippen LogP) is 2.91. The monoisotopic (exact) mass is 387 g/mol. The number of rotatable bonds is 6. The van der Waals surface area contributed by atoms with Gasteiger partial charge in [0.15, 0.2) is 0 Å². The van der Waals surface area contributed by atoms with Crippen LogP contribution in [0, 0.1) is 0 Å². The molecule has 3 aromatic carbocycles. The van der Waals surface area contributed by atoms with E-state index in [1.165, 1.54) is 6.07 Å². The molecule has 27 heavy (non-hydrogen) atoms. The molecule has 0 saturated carbocycles. The second-order valence-electron chi connectivity index (χ2n) is 5.85. The Hall–Kier alpha value is -3.30. The topological polar surface area (TPSA) is 142 Å². The van der Waals surface area contributed by atoms with E-state index in [0.29, 0.717) is 33.5 Å². The fourth-order valence-corrected chi connectivity index (χ4v) is 3.46. The molecular formula is C18H17N3O5S. The minimum Gasteiger partial charge on any atom is -0.480 e. The molecule has 9 heteroatoms. The SMILES string of the molecule is Nc1cc(NCC(=O)O)cc(Nc2ccc(S(=O)(=O)O)c3ccccc23)c1. The Morgan fingerprint density at radius 2 is 1.67 bits per heavy atom. The molecule has 6 N–H and O–H groups in total. The summed E-state index contributed by atoms with van der Waals surface area (Å²) in [4.78, 5) is 10.5. The second-order valence-corrected chi connectivity index (χ2v) is 7.24. The van der Waals surface area contributed by atoms with Crippen molar-refractivity contribution < 1.29 is 22.9 Å². The number of carbonyl (C=O) groups is 1. The van der Waals surface area contributed by atoms with Crippen molar-refractivity contribution in [3.8, 4) is 0 Å². The summed E-state index contributed by atoms with van der Waals surface area (Å²) in [6.07, 6.45) is 0. The van der Waals surface area contributed by atoms with Gasteiger partial charge in [0, 0.05) is 33.5 Å². The summed E-state index contributed by atoms with van der Waals surface area (Å²) >= 11 is 0. The molecule has 3 aromatic rings. The van der Waals surface area contributed by atoms with Crippen LogP contribution in [0.5, 0.6) is 0 Å². The number of carboxylic acid groups (broad SMARTS) is 1. The summed E-state index contributed by atoms with van der Waals surface area (Å²) in [6.45, 7) is -0.255. The number of hydrogen-bond donors (Lipinski definition) is 5. The average Bonchev–Trinajstić information content (AvgIpc) is 2.59. The molecule has 0 heterocycles. The van der Waals surface area contributed by atoms with Crippen molar-refractivity contribution in [3.05, 3.63) is 54.6 Å². The number of carboxylic acids is 1. The van der Waals surface area contributed by atoms with E-state index in [0.717, 1.165) is 0 Å². The van der Waals surface area contributed by atoms with Crippen LogP contribution in [0.1, 0.15) is 0 Å². The van der Waals surface area contributed by atoms with Crippen molar-refractivity contribution in [2.75, 3.05) is 22.9 Å². The highest BCUT2D eigenvalue weighted by molar-refractivity contribution is 7.86. The number of anilines is 4. The standard InChI is InChI=1S/C18H17N3O5S/c19-11-7-12(20-10-18(22)23)9-13(8-11)21-16-5-6-17(27(24,25)26)15-4-2-1-3-14(15)16/h1-9,20-21H,10,19H2,(H,22,23)(H,24,25,26). The summed E-state index contributed by atoms with van der Waals surface area (Å²) in [5.74, 6) is -1.00. The number of fused-ring (bicyclic) bond motifs is 1. The van der Waals surface area contributed by atoms with Crippen LogP contribution in [-0.4, -0.2) is 30.6 Å². The maximum atomic E-state index is 11.6. The molecule has 0 amide bonds. The van der Waals surface area contributed by atoms with Crippen molar-refractivity contribution in [1.82, 2.24) is 0 Å². The van der Waals surface area contributed by atoms with Gasteiger partial charge in [-0.2, -0.15) is 8.42 Å². The zero-order valence-electron chi connectivity index (χ0n) is 14.0. The number of nitrogen functional groups attached to an aromatic ring is 1. The minimum atomic E-state index is -4.36. The first-order valence-corrected chi connectivity index (χ1v) is 9.30. The van der Waals surface area contributed by atoms with Gasteiger partial charge in [0.25, 0.3) is 10.1 Å². The lowest BCUT2D eigenvalue weighted by atomic mass is 10.1. The molecule has 0 aliphatic heterocycles. The van der Waals surface area contributed by atoms with Crippen LogP contribution in [0.25, 0.3) is 10.8 Å². The zero-order valence-corrected chi connectivity index (χ0v) is 14.8. The summed E-state index contributed by atoms with van der Waals surface area (Å²) in [5, 5.41) is 15.6. The zero-order chi connectivity index (χ0) is 19.6. The van der Waals surface area contributed by atoms with Crippen LogP contribution in [0.15, 0.2) is 59.5 Å². The average molecular weight is 387 g/mol. The molecule has 0 bridgehead atoms. The molecular weight excluding hydrogens is 370 g/mol. The molecule has 3 rings (SSSR count). The van der Waals surface area contributed by atoms with Crippen molar-refractivity contribution in [2.45, 2.75) is 4.90 Å². The Labute approximate surface area is 155 Å². The Morgan fingerprint density at radius 1 is 1.00 bits per heavy atom.